The molecule has 4 aromatic rings. The molecule has 0 fully saturated rings. The molecule has 1 atom stereocenters. The van der Waals surface area contributed by atoms with Crippen molar-refractivity contribution in [2.45, 2.75) is 20.0 Å². The number of amides is 1. The molecule has 0 spiro atoms. The normalized spacial score (nSPS) is 12.0. The number of nitrogens with one attached hydrogen (secondary N) is 3. The maximum absolute atomic E-state index is 12.6. The van der Waals surface area contributed by atoms with Gasteiger partial charge in [0.15, 0.2) is 6.10 Å². The van der Waals surface area contributed by atoms with Gasteiger partial charge in [0.05, 0.1) is 28.6 Å². The number of hydrogen-bond acceptors (Lipinski definition) is 5. The minimum absolute atomic E-state index is 0.251. The quantitative estimate of drug-likeness (QED) is 0.412. The minimum Gasteiger partial charge on any atom is -0.449 e. The lowest BCUT2D eigenvalue weighted by Gasteiger charge is -2.13. The molecule has 0 radical (unpaired) electrons. The summed E-state index contributed by atoms with van der Waals surface area (Å²) in [6.45, 7) is 3.21. The van der Waals surface area contributed by atoms with Crippen LogP contribution in [-0.2, 0) is 9.53 Å². The van der Waals surface area contributed by atoms with E-state index in [1.807, 2.05) is 0 Å². The molecule has 1 unspecified atom stereocenters. The number of H-pyrrole nitrogens is 2. The number of esters is 1. The predicted octanol–water partition coefficient (Wildman–Crippen LogP) is 3.19. The van der Waals surface area contributed by atoms with Crippen LogP contribution in [-0.4, -0.2) is 37.7 Å². The van der Waals surface area contributed by atoms with Crippen molar-refractivity contribution in [2.75, 3.05) is 5.32 Å². The van der Waals surface area contributed by atoms with Crippen molar-refractivity contribution in [1.29, 1.82) is 0 Å². The van der Waals surface area contributed by atoms with E-state index in [4.69, 9.17) is 16.3 Å². The highest BCUT2D eigenvalue weighted by Gasteiger charge is 2.22. The summed E-state index contributed by atoms with van der Waals surface area (Å²) in [5.41, 5.74) is 2.86. The smallest absolute Gasteiger partial charge is 0.342 e. The number of fused-ring (bicyclic) bond motifs is 1. The summed E-state index contributed by atoms with van der Waals surface area (Å²) < 4.78 is 6.91. The zero-order chi connectivity index (χ0) is 22.1. The molecule has 2 aromatic heterocycles. The maximum atomic E-state index is 12.6. The monoisotopic (exact) mass is 439 g/mol. The van der Waals surface area contributed by atoms with E-state index in [0.29, 0.717) is 27.4 Å². The van der Waals surface area contributed by atoms with Crippen LogP contribution in [0.1, 0.15) is 23.0 Å². The average Bonchev–Trinajstić information content (AvgIpc) is 3.29. The van der Waals surface area contributed by atoms with E-state index < -0.39 is 18.0 Å². The van der Waals surface area contributed by atoms with Crippen molar-refractivity contribution in [3.63, 3.8) is 0 Å². The summed E-state index contributed by atoms with van der Waals surface area (Å²) in [6.07, 6.45) is 0.347. The van der Waals surface area contributed by atoms with Gasteiger partial charge in [0, 0.05) is 10.7 Å². The molecule has 3 N–H and O–H groups in total. The van der Waals surface area contributed by atoms with Crippen molar-refractivity contribution < 1.29 is 14.3 Å². The second-order valence-corrected chi connectivity index (χ2v) is 7.34. The average molecular weight is 440 g/mol. The first-order valence-corrected chi connectivity index (χ1v) is 9.74. The van der Waals surface area contributed by atoms with Crippen molar-refractivity contribution in [1.82, 2.24) is 19.7 Å². The Kier molecular flexibility index (Phi) is 5.35. The van der Waals surface area contributed by atoms with Gasteiger partial charge in [-0.1, -0.05) is 11.6 Å². The Bertz CT molecular complexity index is 1340. The Hall–Kier alpha value is -3.85. The third kappa shape index (κ3) is 4.22. The van der Waals surface area contributed by atoms with E-state index in [2.05, 4.69) is 20.4 Å². The summed E-state index contributed by atoms with van der Waals surface area (Å²) in [5.74, 6) is -1.17. The van der Waals surface area contributed by atoms with Crippen LogP contribution in [0.15, 0.2) is 53.5 Å². The molecule has 0 saturated carbocycles. The molecule has 0 bridgehead atoms. The Balaban J connectivity index is 1.44. The standard InChI is InChI=1S/C21H18ClN5O4/c1-11-16(10-23-27(11)15-6-3-13(22)4-7-15)20(29)31-12(2)19(28)24-14-5-8-17-18(9-14)26-21(30)25-17/h3-10,12H,1-2H3,(H,24,28)(H2,25,26,30). The van der Waals surface area contributed by atoms with Crippen LogP contribution >= 0.6 is 11.6 Å². The van der Waals surface area contributed by atoms with Gasteiger partial charge < -0.3 is 20.0 Å². The molecule has 9 nitrogen and oxygen atoms in total. The van der Waals surface area contributed by atoms with E-state index in [-0.39, 0.29) is 11.3 Å². The topological polar surface area (TPSA) is 122 Å². The van der Waals surface area contributed by atoms with E-state index >= 15 is 0 Å². The van der Waals surface area contributed by atoms with Crippen LogP contribution in [0, 0.1) is 6.92 Å². The van der Waals surface area contributed by atoms with Crippen LogP contribution in [0.4, 0.5) is 5.69 Å². The largest absolute Gasteiger partial charge is 0.449 e. The molecule has 31 heavy (non-hydrogen) atoms. The van der Waals surface area contributed by atoms with Gasteiger partial charge in [-0.25, -0.2) is 14.3 Å². The number of aromatic amines is 2. The molecule has 0 aliphatic carbocycles. The van der Waals surface area contributed by atoms with E-state index in [1.54, 1.807) is 54.1 Å². The number of hydrogen-bond donors (Lipinski definition) is 3. The molecular weight excluding hydrogens is 422 g/mol. The SMILES string of the molecule is Cc1c(C(=O)OC(C)C(=O)Nc2ccc3[nH]c(=O)[nH]c3c2)cnn1-c1ccc(Cl)cc1. The molecule has 2 aromatic carbocycles. The number of rotatable bonds is 5. The number of anilines is 1. The number of carbonyl (C=O) groups is 2. The van der Waals surface area contributed by atoms with Crippen molar-refractivity contribution >= 4 is 40.2 Å². The van der Waals surface area contributed by atoms with Gasteiger partial charge in [-0.2, -0.15) is 5.10 Å². The van der Waals surface area contributed by atoms with Gasteiger partial charge in [0.25, 0.3) is 5.91 Å². The first-order valence-electron chi connectivity index (χ1n) is 9.36. The van der Waals surface area contributed by atoms with Gasteiger partial charge in [0.2, 0.25) is 0 Å². The van der Waals surface area contributed by atoms with Gasteiger partial charge in [-0.05, 0) is 56.3 Å². The zero-order valence-corrected chi connectivity index (χ0v) is 17.4. The van der Waals surface area contributed by atoms with Crippen LogP contribution in [0.3, 0.4) is 0 Å². The lowest BCUT2D eigenvalue weighted by molar-refractivity contribution is -0.123. The maximum Gasteiger partial charge on any atom is 0.342 e. The fourth-order valence-corrected chi connectivity index (χ4v) is 3.21. The fraction of sp³-hybridized carbons (Fsp3) is 0.143. The lowest BCUT2D eigenvalue weighted by atomic mass is 10.2. The molecule has 4 rings (SSSR count). The number of aromatic nitrogens is 4. The van der Waals surface area contributed by atoms with Crippen LogP contribution < -0.4 is 11.0 Å². The first kappa shape index (κ1) is 20.4. The Morgan fingerprint density at radius 2 is 1.84 bits per heavy atom. The highest BCUT2D eigenvalue weighted by molar-refractivity contribution is 6.30. The summed E-state index contributed by atoms with van der Waals surface area (Å²) in [7, 11) is 0. The molecule has 2 heterocycles. The number of ether oxygens (including phenoxy) is 1. The van der Waals surface area contributed by atoms with Gasteiger partial charge in [-0.3, -0.25) is 4.79 Å². The summed E-state index contributed by atoms with van der Waals surface area (Å²) in [5, 5.41) is 7.49. The van der Waals surface area contributed by atoms with E-state index in [9.17, 15) is 14.4 Å². The molecular formula is C21H18ClN5O4. The van der Waals surface area contributed by atoms with Gasteiger partial charge >= 0.3 is 11.7 Å². The Morgan fingerprint density at radius 3 is 2.58 bits per heavy atom. The fourth-order valence-electron chi connectivity index (χ4n) is 3.08. The number of imidazole rings is 1. The molecule has 0 aliphatic heterocycles. The van der Waals surface area contributed by atoms with Gasteiger partial charge in [0.1, 0.15) is 5.56 Å². The number of halogens is 1. The van der Waals surface area contributed by atoms with Crippen molar-refractivity contribution in [3.8, 4) is 5.69 Å². The van der Waals surface area contributed by atoms with Crippen LogP contribution in [0.2, 0.25) is 5.02 Å². The molecule has 0 aliphatic rings. The van der Waals surface area contributed by atoms with Crippen LogP contribution in [0.5, 0.6) is 0 Å². The van der Waals surface area contributed by atoms with E-state index in [0.717, 1.165) is 5.69 Å². The van der Waals surface area contributed by atoms with E-state index in [1.165, 1.54) is 13.1 Å². The number of nitrogens with zero attached hydrogens (tertiary/aromatic N) is 2. The summed E-state index contributed by atoms with van der Waals surface area (Å²) >= 11 is 5.91. The predicted molar refractivity (Wildman–Crippen MR) is 116 cm³/mol. The van der Waals surface area contributed by atoms with Crippen LogP contribution in [0.25, 0.3) is 16.7 Å². The minimum atomic E-state index is -1.05. The van der Waals surface area contributed by atoms with Gasteiger partial charge in [-0.15, -0.1) is 0 Å². The van der Waals surface area contributed by atoms with Crippen molar-refractivity contribution in [3.05, 3.63) is 75.4 Å². The third-order valence-electron chi connectivity index (χ3n) is 4.74. The van der Waals surface area contributed by atoms with Crippen molar-refractivity contribution in [2.24, 2.45) is 0 Å². The first-order chi connectivity index (χ1) is 14.8. The second-order valence-electron chi connectivity index (χ2n) is 6.91. The highest BCUT2D eigenvalue weighted by Crippen LogP contribution is 2.19. The second kappa shape index (κ2) is 8.11. The summed E-state index contributed by atoms with van der Waals surface area (Å²) in [4.78, 5) is 41.6. The summed E-state index contributed by atoms with van der Waals surface area (Å²) in [6, 6.07) is 11.9. The zero-order valence-electron chi connectivity index (χ0n) is 16.6. The lowest BCUT2D eigenvalue weighted by Crippen LogP contribution is -2.30. The Labute approximate surface area is 181 Å². The third-order valence-corrected chi connectivity index (χ3v) is 4.99. The molecule has 10 heteroatoms. The Morgan fingerprint density at radius 1 is 1.13 bits per heavy atom. The molecule has 158 valence electrons. The number of carbonyl (C=O) groups excluding carboxylic acids is 2. The number of benzene rings is 2. The molecule has 0 saturated heterocycles. The highest BCUT2D eigenvalue weighted by atomic mass is 35.5. The molecule has 1 amide bonds.